The Balaban J connectivity index is 1.81. The van der Waals surface area contributed by atoms with Crippen LogP contribution in [0.3, 0.4) is 0 Å². The molecule has 2 fully saturated rings. The Morgan fingerprint density at radius 3 is 2.16 bits per heavy atom. The molecule has 4 nitrogen and oxygen atoms in total. The van der Waals surface area contributed by atoms with E-state index in [9.17, 15) is 22.4 Å². The monoisotopic (exact) mass is 283 g/mol. The van der Waals surface area contributed by atoms with Gasteiger partial charge in [0.25, 0.3) is 0 Å². The van der Waals surface area contributed by atoms with Crippen LogP contribution in [0.25, 0.3) is 0 Å². The van der Waals surface area contributed by atoms with Gasteiger partial charge in [-0.25, -0.2) is 8.78 Å². The first-order valence-electron chi connectivity index (χ1n) is 6.21. The molecule has 110 valence electrons. The topological polar surface area (TPSA) is 49.6 Å². The molecular weight excluding hydrogens is 266 g/mol. The first kappa shape index (κ1) is 14.5. The van der Waals surface area contributed by atoms with Crippen LogP contribution in [0.1, 0.15) is 12.8 Å². The molecule has 0 aromatic rings. The average molecular weight is 283 g/mol. The Hall–Kier alpha value is -0.890. The van der Waals surface area contributed by atoms with Crippen molar-refractivity contribution in [2.24, 2.45) is 5.73 Å². The minimum atomic E-state index is -4.00. The SMILES string of the molecule is NC1(C(=O)N2CCN(CC(F)(F)C(F)F)CC2)CC1. The summed E-state index contributed by atoms with van der Waals surface area (Å²) in [5.74, 6) is -4.16. The fourth-order valence-corrected chi connectivity index (χ4v) is 2.14. The number of hydrogen-bond donors (Lipinski definition) is 1. The minimum Gasteiger partial charge on any atom is -0.339 e. The lowest BCUT2D eigenvalue weighted by Gasteiger charge is -2.37. The van der Waals surface area contributed by atoms with Crippen molar-refractivity contribution in [3.05, 3.63) is 0 Å². The highest BCUT2D eigenvalue weighted by molar-refractivity contribution is 5.89. The number of halogens is 4. The second-order valence-electron chi connectivity index (χ2n) is 5.29. The quantitative estimate of drug-likeness (QED) is 0.765. The number of nitrogens with two attached hydrogens (primary N) is 1. The van der Waals surface area contributed by atoms with E-state index in [1.54, 1.807) is 0 Å². The Labute approximate surface area is 108 Å². The van der Waals surface area contributed by atoms with Gasteiger partial charge in [0.1, 0.15) is 0 Å². The maximum Gasteiger partial charge on any atom is 0.319 e. The van der Waals surface area contributed by atoms with Gasteiger partial charge in [0.15, 0.2) is 0 Å². The van der Waals surface area contributed by atoms with Gasteiger partial charge in [0.05, 0.1) is 12.1 Å². The van der Waals surface area contributed by atoms with Gasteiger partial charge in [-0.15, -0.1) is 0 Å². The summed E-state index contributed by atoms with van der Waals surface area (Å²) in [4.78, 5) is 14.7. The zero-order chi connectivity index (χ0) is 14.3. The fourth-order valence-electron chi connectivity index (χ4n) is 2.14. The van der Waals surface area contributed by atoms with Gasteiger partial charge in [-0.2, -0.15) is 8.78 Å². The molecule has 1 aliphatic carbocycles. The van der Waals surface area contributed by atoms with E-state index >= 15 is 0 Å². The molecule has 0 aromatic heterocycles. The van der Waals surface area contributed by atoms with E-state index in [0.717, 1.165) is 0 Å². The molecule has 1 amide bonds. The van der Waals surface area contributed by atoms with E-state index in [2.05, 4.69) is 0 Å². The zero-order valence-corrected chi connectivity index (χ0v) is 10.4. The van der Waals surface area contributed by atoms with Crippen molar-refractivity contribution in [2.75, 3.05) is 32.7 Å². The number of hydrogen-bond acceptors (Lipinski definition) is 3. The summed E-state index contributed by atoms with van der Waals surface area (Å²) >= 11 is 0. The number of carbonyl (C=O) groups is 1. The standard InChI is InChI=1S/C11H17F4N3O/c12-8(13)11(14,15)7-17-3-5-18(6-4-17)9(19)10(16)1-2-10/h8H,1-7,16H2. The van der Waals surface area contributed by atoms with Crippen LogP contribution in [-0.2, 0) is 4.79 Å². The number of carbonyl (C=O) groups excluding carboxylic acids is 1. The van der Waals surface area contributed by atoms with Crippen LogP contribution >= 0.6 is 0 Å². The van der Waals surface area contributed by atoms with Crippen molar-refractivity contribution in [1.82, 2.24) is 9.80 Å². The summed E-state index contributed by atoms with van der Waals surface area (Å²) in [5.41, 5.74) is 5.00. The van der Waals surface area contributed by atoms with E-state index in [1.165, 1.54) is 9.80 Å². The summed E-state index contributed by atoms with van der Waals surface area (Å²) in [6, 6.07) is 0. The van der Waals surface area contributed by atoms with Crippen LogP contribution in [0.4, 0.5) is 17.6 Å². The van der Waals surface area contributed by atoms with Gasteiger partial charge in [0, 0.05) is 26.2 Å². The highest BCUT2D eigenvalue weighted by Crippen LogP contribution is 2.34. The molecule has 2 aliphatic rings. The van der Waals surface area contributed by atoms with E-state index in [1.807, 2.05) is 0 Å². The second kappa shape index (κ2) is 4.90. The van der Waals surface area contributed by atoms with Crippen molar-refractivity contribution < 1.29 is 22.4 Å². The Kier molecular flexibility index (Phi) is 3.74. The molecule has 2 N–H and O–H groups in total. The van der Waals surface area contributed by atoms with Crippen LogP contribution in [0.15, 0.2) is 0 Å². The molecule has 8 heteroatoms. The normalized spacial score (nSPS) is 23.8. The predicted octanol–water partition coefficient (Wildman–Crippen LogP) is 0.522. The van der Waals surface area contributed by atoms with Gasteiger partial charge in [-0.1, -0.05) is 0 Å². The third-order valence-corrected chi connectivity index (χ3v) is 3.63. The molecule has 0 aromatic carbocycles. The molecule has 1 heterocycles. The largest absolute Gasteiger partial charge is 0.339 e. The molecule has 1 saturated heterocycles. The van der Waals surface area contributed by atoms with E-state index in [0.29, 0.717) is 12.8 Å². The van der Waals surface area contributed by atoms with Gasteiger partial charge < -0.3 is 10.6 Å². The summed E-state index contributed by atoms with van der Waals surface area (Å²) in [6.45, 7) is -0.108. The lowest BCUT2D eigenvalue weighted by molar-refractivity contribution is -0.149. The van der Waals surface area contributed by atoms with Crippen LogP contribution < -0.4 is 5.73 Å². The number of nitrogens with zero attached hydrogens (tertiary/aromatic N) is 2. The zero-order valence-electron chi connectivity index (χ0n) is 10.4. The predicted molar refractivity (Wildman–Crippen MR) is 60.1 cm³/mol. The summed E-state index contributed by atoms with van der Waals surface area (Å²) in [6.07, 6.45) is -2.36. The third kappa shape index (κ3) is 3.17. The average Bonchev–Trinajstić information content (AvgIpc) is 3.08. The lowest BCUT2D eigenvalue weighted by Crippen LogP contribution is -2.56. The van der Waals surface area contributed by atoms with Crippen molar-refractivity contribution in [3.8, 4) is 0 Å². The molecule has 0 spiro atoms. The van der Waals surface area contributed by atoms with Gasteiger partial charge in [0.2, 0.25) is 5.91 Å². The summed E-state index contributed by atoms with van der Waals surface area (Å²) in [5, 5.41) is 0. The fraction of sp³-hybridized carbons (Fsp3) is 0.909. The smallest absolute Gasteiger partial charge is 0.319 e. The molecule has 1 saturated carbocycles. The van der Waals surface area contributed by atoms with Crippen molar-refractivity contribution in [3.63, 3.8) is 0 Å². The minimum absolute atomic E-state index is 0.159. The maximum atomic E-state index is 12.9. The number of rotatable bonds is 4. The molecule has 0 atom stereocenters. The van der Waals surface area contributed by atoms with E-state index in [-0.39, 0.29) is 32.1 Å². The van der Waals surface area contributed by atoms with Gasteiger partial charge in [-0.05, 0) is 12.8 Å². The maximum absolute atomic E-state index is 12.9. The highest BCUT2D eigenvalue weighted by atomic mass is 19.3. The molecule has 0 bridgehead atoms. The van der Waals surface area contributed by atoms with Gasteiger partial charge >= 0.3 is 12.3 Å². The summed E-state index contributed by atoms with van der Waals surface area (Å²) in [7, 11) is 0. The lowest BCUT2D eigenvalue weighted by atomic mass is 10.2. The molecular formula is C11H17F4N3O. The van der Waals surface area contributed by atoms with E-state index in [4.69, 9.17) is 5.73 Å². The molecule has 19 heavy (non-hydrogen) atoms. The van der Waals surface area contributed by atoms with Crippen molar-refractivity contribution >= 4 is 5.91 Å². The van der Waals surface area contributed by atoms with E-state index < -0.39 is 24.4 Å². The summed E-state index contributed by atoms with van der Waals surface area (Å²) < 4.78 is 49.9. The van der Waals surface area contributed by atoms with Crippen LogP contribution in [0.2, 0.25) is 0 Å². The van der Waals surface area contributed by atoms with Crippen molar-refractivity contribution in [1.29, 1.82) is 0 Å². The van der Waals surface area contributed by atoms with Crippen LogP contribution in [0.5, 0.6) is 0 Å². The highest BCUT2D eigenvalue weighted by Gasteiger charge is 2.49. The molecule has 0 unspecified atom stereocenters. The van der Waals surface area contributed by atoms with Crippen molar-refractivity contribution in [2.45, 2.75) is 30.7 Å². The van der Waals surface area contributed by atoms with Crippen LogP contribution in [0, 0.1) is 0 Å². The number of piperazine rings is 1. The molecule has 1 aliphatic heterocycles. The third-order valence-electron chi connectivity index (χ3n) is 3.63. The second-order valence-corrected chi connectivity index (χ2v) is 5.29. The molecule has 0 radical (unpaired) electrons. The Morgan fingerprint density at radius 2 is 1.74 bits per heavy atom. The van der Waals surface area contributed by atoms with Crippen LogP contribution in [-0.4, -0.2) is 66.3 Å². The Bertz CT molecular complexity index is 352. The Morgan fingerprint density at radius 1 is 1.21 bits per heavy atom. The number of alkyl halides is 4. The number of amides is 1. The van der Waals surface area contributed by atoms with Gasteiger partial charge in [-0.3, -0.25) is 9.69 Å². The first-order valence-corrected chi connectivity index (χ1v) is 6.21. The molecule has 2 rings (SSSR count). The first-order chi connectivity index (χ1) is 8.74.